The van der Waals surface area contributed by atoms with Crippen molar-refractivity contribution in [2.24, 2.45) is 0 Å². The van der Waals surface area contributed by atoms with E-state index in [2.05, 4.69) is 55.4 Å². The zero-order valence-corrected chi connectivity index (χ0v) is 22.7. The fourth-order valence-electron chi connectivity index (χ4n) is 3.78. The van der Waals surface area contributed by atoms with Gasteiger partial charge in [-0.15, -0.1) is 0 Å². The molecular weight excluding hydrogens is 450 g/mol. The molecule has 0 bridgehead atoms. The molecule has 6 nitrogen and oxygen atoms in total. The van der Waals surface area contributed by atoms with Gasteiger partial charge in [-0.05, 0) is 49.5 Å². The average molecular weight is 494 g/mol. The molecule has 0 saturated heterocycles. The highest BCUT2D eigenvalue weighted by Gasteiger charge is 2.10. The van der Waals surface area contributed by atoms with Gasteiger partial charge in [0, 0.05) is 23.7 Å². The fourth-order valence-corrected chi connectivity index (χ4v) is 3.78. The molecule has 0 heterocycles. The van der Waals surface area contributed by atoms with Crippen LogP contribution in [0.15, 0.2) is 60.7 Å². The van der Waals surface area contributed by atoms with Crippen molar-refractivity contribution in [2.45, 2.75) is 53.7 Å². The van der Waals surface area contributed by atoms with E-state index in [1.54, 1.807) is 0 Å². The van der Waals surface area contributed by atoms with Crippen molar-refractivity contribution in [1.82, 2.24) is 10.2 Å². The van der Waals surface area contributed by atoms with Crippen LogP contribution in [-0.4, -0.2) is 60.8 Å². The SMILES string of the molecule is CC(C)NCC(O)COc1cccc2ccccc12.CCN(CC)CC(=O)Nc1c(C)cccc1C. The Hall–Kier alpha value is -2.93. The summed E-state index contributed by atoms with van der Waals surface area (Å²) in [6, 6.07) is 20.4. The summed E-state index contributed by atoms with van der Waals surface area (Å²) in [5.41, 5.74) is 3.17. The Balaban J connectivity index is 0.000000255. The Morgan fingerprint density at radius 1 is 0.944 bits per heavy atom. The first kappa shape index (κ1) is 29.3. The Labute approximate surface area is 216 Å². The molecule has 0 aliphatic carbocycles. The lowest BCUT2D eigenvalue weighted by Gasteiger charge is -2.18. The number of nitrogens with one attached hydrogen (secondary N) is 2. The maximum absolute atomic E-state index is 11.9. The molecule has 3 aromatic rings. The van der Waals surface area contributed by atoms with Crippen molar-refractivity contribution in [3.8, 4) is 5.75 Å². The summed E-state index contributed by atoms with van der Waals surface area (Å²) in [7, 11) is 0. The number of anilines is 1. The van der Waals surface area contributed by atoms with Crippen LogP contribution in [0.3, 0.4) is 0 Å². The minimum Gasteiger partial charge on any atom is -0.490 e. The molecule has 3 N–H and O–H groups in total. The van der Waals surface area contributed by atoms with E-state index in [0.717, 1.165) is 46.4 Å². The summed E-state index contributed by atoms with van der Waals surface area (Å²) in [6.45, 7) is 15.4. The van der Waals surface area contributed by atoms with Crippen molar-refractivity contribution in [3.05, 3.63) is 71.8 Å². The maximum Gasteiger partial charge on any atom is 0.238 e. The molecule has 0 radical (unpaired) electrons. The Morgan fingerprint density at radius 3 is 2.19 bits per heavy atom. The molecule has 0 saturated carbocycles. The van der Waals surface area contributed by atoms with E-state index < -0.39 is 6.10 Å². The number of aliphatic hydroxyl groups is 1. The van der Waals surface area contributed by atoms with Gasteiger partial charge in [-0.3, -0.25) is 9.69 Å². The third-order valence-electron chi connectivity index (χ3n) is 5.95. The number of aryl methyl sites for hydroxylation is 2. The molecule has 0 aliphatic heterocycles. The van der Waals surface area contributed by atoms with Gasteiger partial charge in [0.25, 0.3) is 0 Å². The zero-order chi connectivity index (χ0) is 26.5. The zero-order valence-electron chi connectivity index (χ0n) is 22.7. The number of carbonyl (C=O) groups is 1. The van der Waals surface area contributed by atoms with E-state index in [-0.39, 0.29) is 5.91 Å². The van der Waals surface area contributed by atoms with Gasteiger partial charge in [-0.1, -0.05) is 82.3 Å². The molecule has 3 rings (SSSR count). The molecule has 196 valence electrons. The fraction of sp³-hybridized carbons (Fsp3) is 0.433. The topological polar surface area (TPSA) is 73.8 Å². The Kier molecular flexibility index (Phi) is 12.4. The van der Waals surface area contributed by atoms with Crippen LogP contribution in [0.2, 0.25) is 0 Å². The maximum atomic E-state index is 11.9. The van der Waals surface area contributed by atoms with Crippen LogP contribution in [0.25, 0.3) is 10.8 Å². The summed E-state index contributed by atoms with van der Waals surface area (Å²) < 4.78 is 5.72. The second kappa shape index (κ2) is 15.2. The number of rotatable bonds is 11. The summed E-state index contributed by atoms with van der Waals surface area (Å²) in [5, 5.41) is 18.3. The van der Waals surface area contributed by atoms with E-state index in [9.17, 15) is 9.90 Å². The highest BCUT2D eigenvalue weighted by Crippen LogP contribution is 2.25. The molecule has 1 amide bonds. The number of nitrogens with zero attached hydrogens (tertiary/aromatic N) is 1. The van der Waals surface area contributed by atoms with Crippen LogP contribution in [0.4, 0.5) is 5.69 Å². The number of amides is 1. The van der Waals surface area contributed by atoms with Crippen molar-refractivity contribution < 1.29 is 14.6 Å². The predicted molar refractivity (Wildman–Crippen MR) is 151 cm³/mol. The van der Waals surface area contributed by atoms with Crippen molar-refractivity contribution in [2.75, 3.05) is 38.1 Å². The first-order valence-electron chi connectivity index (χ1n) is 12.9. The second-order valence-electron chi connectivity index (χ2n) is 9.28. The number of likely N-dealkylation sites (N-methyl/N-ethyl adjacent to an activating group) is 1. The number of hydrogen-bond acceptors (Lipinski definition) is 5. The molecule has 0 aromatic heterocycles. The van der Waals surface area contributed by atoms with Gasteiger partial charge < -0.3 is 20.5 Å². The van der Waals surface area contributed by atoms with E-state index in [1.807, 2.05) is 62.4 Å². The Bertz CT molecular complexity index is 1050. The summed E-state index contributed by atoms with van der Waals surface area (Å²) in [4.78, 5) is 14.0. The molecular formula is C30H43N3O3. The lowest BCUT2D eigenvalue weighted by molar-refractivity contribution is -0.117. The van der Waals surface area contributed by atoms with Gasteiger partial charge >= 0.3 is 0 Å². The van der Waals surface area contributed by atoms with Crippen LogP contribution in [-0.2, 0) is 4.79 Å². The lowest BCUT2D eigenvalue weighted by Crippen LogP contribution is -2.35. The van der Waals surface area contributed by atoms with Gasteiger partial charge in [0.05, 0.1) is 6.54 Å². The first-order valence-corrected chi connectivity index (χ1v) is 12.9. The van der Waals surface area contributed by atoms with Crippen molar-refractivity contribution in [1.29, 1.82) is 0 Å². The monoisotopic (exact) mass is 493 g/mol. The summed E-state index contributed by atoms with van der Waals surface area (Å²) in [6.07, 6.45) is -0.499. The number of para-hydroxylation sites is 1. The standard InChI is InChI=1S/C16H21NO2.C14H22N2O/c1-12(2)17-10-14(18)11-19-16-9-5-7-13-6-3-4-8-15(13)16;1-5-16(6-2)10-13(17)15-14-11(3)8-7-9-12(14)4/h3-9,12,14,17-18H,10-11H2,1-2H3;7-9H,5-6,10H2,1-4H3,(H,15,17). The van der Waals surface area contributed by atoms with E-state index >= 15 is 0 Å². The molecule has 6 heteroatoms. The van der Waals surface area contributed by atoms with Gasteiger partial charge in [-0.25, -0.2) is 0 Å². The molecule has 1 atom stereocenters. The van der Waals surface area contributed by atoms with Gasteiger partial charge in [0.15, 0.2) is 0 Å². The minimum atomic E-state index is -0.499. The smallest absolute Gasteiger partial charge is 0.238 e. The molecule has 3 aromatic carbocycles. The largest absolute Gasteiger partial charge is 0.490 e. The molecule has 36 heavy (non-hydrogen) atoms. The second-order valence-corrected chi connectivity index (χ2v) is 9.28. The number of fused-ring (bicyclic) bond motifs is 1. The van der Waals surface area contributed by atoms with Crippen molar-refractivity contribution in [3.63, 3.8) is 0 Å². The highest BCUT2D eigenvalue weighted by molar-refractivity contribution is 5.93. The molecule has 0 spiro atoms. The number of carbonyl (C=O) groups excluding carboxylic acids is 1. The third kappa shape index (κ3) is 9.61. The summed E-state index contributed by atoms with van der Waals surface area (Å²) in [5.74, 6) is 0.882. The number of hydrogen-bond donors (Lipinski definition) is 3. The van der Waals surface area contributed by atoms with E-state index in [1.165, 1.54) is 0 Å². The van der Waals surface area contributed by atoms with Crippen LogP contribution in [0.1, 0.15) is 38.8 Å². The van der Waals surface area contributed by atoms with Crippen molar-refractivity contribution >= 4 is 22.4 Å². The van der Waals surface area contributed by atoms with Gasteiger partial charge in [-0.2, -0.15) is 0 Å². The quantitative estimate of drug-likeness (QED) is 0.344. The average Bonchev–Trinajstić information content (AvgIpc) is 2.87. The van der Waals surface area contributed by atoms with Gasteiger partial charge in [0.1, 0.15) is 18.5 Å². The third-order valence-corrected chi connectivity index (χ3v) is 5.95. The van der Waals surface area contributed by atoms with Gasteiger partial charge in [0.2, 0.25) is 5.91 Å². The van der Waals surface area contributed by atoms with Crippen LogP contribution < -0.4 is 15.4 Å². The summed E-state index contributed by atoms with van der Waals surface area (Å²) >= 11 is 0. The number of benzene rings is 3. The molecule has 1 unspecified atom stereocenters. The number of aliphatic hydroxyl groups excluding tert-OH is 1. The van der Waals surface area contributed by atoms with E-state index in [4.69, 9.17) is 4.74 Å². The molecule has 0 fully saturated rings. The lowest BCUT2D eigenvalue weighted by atomic mass is 10.1. The minimum absolute atomic E-state index is 0.0612. The van der Waals surface area contributed by atoms with E-state index in [0.29, 0.717) is 25.7 Å². The van der Waals surface area contributed by atoms with Crippen LogP contribution in [0.5, 0.6) is 5.75 Å². The molecule has 0 aliphatic rings. The van der Waals surface area contributed by atoms with Crippen LogP contribution in [0, 0.1) is 13.8 Å². The highest BCUT2D eigenvalue weighted by atomic mass is 16.5. The Morgan fingerprint density at radius 2 is 1.56 bits per heavy atom. The first-order chi connectivity index (χ1) is 17.2. The number of ether oxygens (including phenoxy) is 1. The normalized spacial score (nSPS) is 11.8. The van der Waals surface area contributed by atoms with Crippen LogP contribution >= 0.6 is 0 Å². The predicted octanol–water partition coefficient (Wildman–Crippen LogP) is 5.16.